The third-order valence-corrected chi connectivity index (χ3v) is 18.7. The lowest BCUT2D eigenvalue weighted by molar-refractivity contribution is -0.130. The molecule has 432 valence electrons. The molecule has 0 saturated carbocycles. The van der Waals surface area contributed by atoms with E-state index in [2.05, 4.69) is 20.4 Å². The van der Waals surface area contributed by atoms with Gasteiger partial charge in [0.1, 0.15) is 69.0 Å². The number of piperidine rings is 2. The van der Waals surface area contributed by atoms with Crippen LogP contribution in [0.2, 0.25) is 0 Å². The molecule has 2 aliphatic heterocycles. The van der Waals surface area contributed by atoms with Gasteiger partial charge >= 0.3 is 0 Å². The van der Waals surface area contributed by atoms with Crippen molar-refractivity contribution in [1.29, 1.82) is 0 Å². The number of furan rings is 2. The Morgan fingerprint density at radius 1 is 0.512 bits per heavy atom. The lowest BCUT2D eigenvalue weighted by Gasteiger charge is -2.37. The van der Waals surface area contributed by atoms with Gasteiger partial charge in [-0.1, -0.05) is 36.4 Å². The molecular formula is C58H62F2N8O12S2. The van der Waals surface area contributed by atoms with Crippen LogP contribution in [0.15, 0.2) is 118 Å². The number of amides is 2. The normalized spacial score (nSPS) is 17.4. The lowest BCUT2D eigenvalue weighted by Crippen LogP contribution is -2.47. The number of sulfone groups is 2. The molecule has 4 aromatic carbocycles. The fourth-order valence-electron chi connectivity index (χ4n) is 10.5. The summed E-state index contributed by atoms with van der Waals surface area (Å²) >= 11 is 0. The number of likely N-dealkylation sites (tertiary alicyclic amines) is 2. The van der Waals surface area contributed by atoms with Crippen LogP contribution >= 0.6 is 0 Å². The molecule has 2 aliphatic rings. The minimum atomic E-state index is -3.89. The maximum Gasteiger partial charge on any atom is 0.219 e. The van der Waals surface area contributed by atoms with E-state index in [1.807, 2.05) is 0 Å². The predicted octanol–water partition coefficient (Wildman–Crippen LogP) is 8.62. The number of para-hydroxylation sites is 2. The van der Waals surface area contributed by atoms with E-state index in [1.165, 1.54) is 76.4 Å². The second kappa shape index (κ2) is 24.4. The Kier molecular flexibility index (Phi) is 17.3. The molecule has 2 fully saturated rings. The van der Waals surface area contributed by atoms with E-state index in [0.717, 1.165) is 11.1 Å². The van der Waals surface area contributed by atoms with Crippen molar-refractivity contribution in [2.45, 2.75) is 74.4 Å². The number of halogens is 2. The second-order valence-electron chi connectivity index (χ2n) is 20.1. The quantitative estimate of drug-likeness (QED) is 0.0880. The number of benzene rings is 4. The van der Waals surface area contributed by atoms with Crippen molar-refractivity contribution < 1.29 is 63.0 Å². The van der Waals surface area contributed by atoms with Gasteiger partial charge < -0.3 is 37.6 Å². The summed E-state index contributed by atoms with van der Waals surface area (Å²) in [6.45, 7) is 7.21. The fraction of sp³-hybridized carbons (Fsp3) is 0.345. The van der Waals surface area contributed by atoms with Gasteiger partial charge in [0, 0.05) is 51.9 Å². The van der Waals surface area contributed by atoms with Crippen LogP contribution in [0.4, 0.5) is 8.78 Å². The standard InChI is InChI=1S/2C29H31FN4O6S/c2*1-18-8-13-26(40-18)29-32-31-27(34(29)28-24(38-3)6-5-7-25(28)39-4)17-41(36,37)23-14-21(15-33(16-23)19(2)35)20-9-11-22(30)12-10-20/h2*5-13,21,23H,14-17H2,1-4H3/t2*21-,23+/m10/s1. The van der Waals surface area contributed by atoms with Crippen LogP contribution in [0.3, 0.4) is 0 Å². The fourth-order valence-corrected chi connectivity index (χ4v) is 13.9. The molecule has 0 N–H and O–H groups in total. The summed E-state index contributed by atoms with van der Waals surface area (Å²) in [5.41, 5.74) is 2.40. The zero-order valence-corrected chi connectivity index (χ0v) is 48.0. The zero-order valence-electron chi connectivity index (χ0n) is 46.4. The highest BCUT2D eigenvalue weighted by atomic mass is 32.2. The van der Waals surface area contributed by atoms with Crippen LogP contribution < -0.4 is 18.9 Å². The van der Waals surface area contributed by atoms with Gasteiger partial charge in [0.25, 0.3) is 0 Å². The highest BCUT2D eigenvalue weighted by Crippen LogP contribution is 2.41. The number of aryl methyl sites for hydroxylation is 2. The minimum absolute atomic E-state index is 0.0473. The van der Waals surface area contributed by atoms with Crippen molar-refractivity contribution >= 4 is 31.5 Å². The summed E-state index contributed by atoms with van der Waals surface area (Å²) in [6.07, 6.45) is 0.544. The summed E-state index contributed by atoms with van der Waals surface area (Å²) in [5, 5.41) is 15.4. The molecule has 8 aromatic rings. The van der Waals surface area contributed by atoms with Crippen molar-refractivity contribution in [2.75, 3.05) is 54.6 Å². The first-order valence-electron chi connectivity index (χ1n) is 26.1. The third kappa shape index (κ3) is 12.4. The van der Waals surface area contributed by atoms with Gasteiger partial charge in [-0.2, -0.15) is 0 Å². The van der Waals surface area contributed by atoms with Gasteiger partial charge in [-0.3, -0.25) is 18.7 Å². The molecule has 0 bridgehead atoms. The number of hydrogen-bond acceptors (Lipinski definition) is 16. The van der Waals surface area contributed by atoms with E-state index >= 15 is 0 Å². The first kappa shape index (κ1) is 58.3. The molecule has 6 heterocycles. The first-order chi connectivity index (χ1) is 39.2. The second-order valence-corrected chi connectivity index (χ2v) is 24.6. The number of rotatable bonds is 16. The van der Waals surface area contributed by atoms with Gasteiger partial charge in [-0.15, -0.1) is 20.4 Å². The molecule has 0 unspecified atom stereocenters. The number of carbonyl (C=O) groups is 2. The van der Waals surface area contributed by atoms with E-state index in [1.54, 1.807) is 108 Å². The molecule has 2 amide bonds. The summed E-state index contributed by atoms with van der Waals surface area (Å²) in [5.74, 6) is 1.89. The Hall–Kier alpha value is -8.38. The van der Waals surface area contributed by atoms with Gasteiger partial charge in [0.15, 0.2) is 42.8 Å². The average Bonchev–Trinajstić information content (AvgIpc) is 4.41. The van der Waals surface area contributed by atoms with Crippen LogP contribution in [-0.2, 0) is 40.8 Å². The highest BCUT2D eigenvalue weighted by molar-refractivity contribution is 7.91. The number of aromatic nitrogens is 6. The number of ether oxygens (including phenoxy) is 4. The molecule has 20 nitrogen and oxygen atoms in total. The Morgan fingerprint density at radius 2 is 0.854 bits per heavy atom. The molecule has 82 heavy (non-hydrogen) atoms. The van der Waals surface area contributed by atoms with Crippen LogP contribution in [0.1, 0.15) is 72.8 Å². The van der Waals surface area contributed by atoms with Crippen molar-refractivity contribution in [1.82, 2.24) is 39.3 Å². The molecule has 0 spiro atoms. The SMILES string of the molecule is COc1cccc(OC)c1-n1c(CS(=O)(=O)[C@@H]2C[C@H](c3ccc(F)cc3)CN(C(C)=O)C2)nnc1-c1ccc(C)o1.COc1cccc(OC)c1-n1c(CS(=O)(=O)[C@H]2C[C@@H](c3ccc(F)cc3)CN(C(C)=O)C2)nnc1-c1ccc(C)o1. The van der Waals surface area contributed by atoms with Crippen molar-refractivity contribution in [3.8, 4) is 57.5 Å². The number of nitrogens with zero attached hydrogens (tertiary/aromatic N) is 8. The maximum absolute atomic E-state index is 14.0. The highest BCUT2D eigenvalue weighted by Gasteiger charge is 2.41. The molecule has 4 atom stereocenters. The van der Waals surface area contributed by atoms with Crippen LogP contribution in [-0.4, -0.2) is 133 Å². The van der Waals surface area contributed by atoms with Crippen molar-refractivity contribution in [3.05, 3.63) is 155 Å². The monoisotopic (exact) mass is 1160 g/mol. The average molecular weight is 1170 g/mol. The molecule has 10 rings (SSSR count). The molecule has 2 saturated heterocycles. The Labute approximate surface area is 473 Å². The van der Waals surface area contributed by atoms with Gasteiger partial charge in [-0.05, 0) is 111 Å². The molecule has 4 aromatic heterocycles. The minimum Gasteiger partial charge on any atom is -0.494 e. The lowest BCUT2D eigenvalue weighted by atomic mass is 9.90. The molecule has 24 heteroatoms. The van der Waals surface area contributed by atoms with Crippen molar-refractivity contribution in [2.24, 2.45) is 0 Å². The van der Waals surface area contributed by atoms with E-state index in [0.29, 0.717) is 70.5 Å². The maximum atomic E-state index is 14.0. The number of methoxy groups -OCH3 is 4. The van der Waals surface area contributed by atoms with Gasteiger partial charge in [-0.25, -0.2) is 25.6 Å². The van der Waals surface area contributed by atoms with E-state index in [9.17, 15) is 35.2 Å². The Bertz CT molecular complexity index is 3530. The number of carbonyl (C=O) groups excluding carboxylic acids is 2. The third-order valence-electron chi connectivity index (χ3n) is 14.7. The molecule has 0 radical (unpaired) electrons. The topological polar surface area (TPSA) is 234 Å². The van der Waals surface area contributed by atoms with Crippen LogP contribution in [0.5, 0.6) is 23.0 Å². The predicted molar refractivity (Wildman–Crippen MR) is 299 cm³/mol. The van der Waals surface area contributed by atoms with E-state index < -0.39 is 41.7 Å². The summed E-state index contributed by atoms with van der Waals surface area (Å²) < 4.78 is 121. The van der Waals surface area contributed by atoms with E-state index in [-0.39, 0.29) is 84.5 Å². The smallest absolute Gasteiger partial charge is 0.219 e. The summed E-state index contributed by atoms with van der Waals surface area (Å²) in [4.78, 5) is 27.9. The molecule has 0 aliphatic carbocycles. The Morgan fingerprint density at radius 3 is 1.15 bits per heavy atom. The van der Waals surface area contributed by atoms with Crippen LogP contribution in [0, 0.1) is 25.5 Å². The summed E-state index contributed by atoms with van der Waals surface area (Å²) in [6, 6.07) is 29.3. The van der Waals surface area contributed by atoms with Crippen LogP contribution in [0.25, 0.3) is 34.5 Å². The molecular weight excluding hydrogens is 1100 g/mol. The van der Waals surface area contributed by atoms with Gasteiger partial charge in [0.2, 0.25) is 23.5 Å². The van der Waals surface area contributed by atoms with Crippen molar-refractivity contribution in [3.63, 3.8) is 0 Å². The largest absolute Gasteiger partial charge is 0.494 e. The Balaban J connectivity index is 0.000000198. The number of hydrogen-bond donors (Lipinski definition) is 0. The summed E-state index contributed by atoms with van der Waals surface area (Å²) in [7, 11) is -1.76. The zero-order chi connectivity index (χ0) is 58.6. The van der Waals surface area contributed by atoms with E-state index in [4.69, 9.17) is 27.8 Å². The first-order valence-corrected chi connectivity index (χ1v) is 29.5. The van der Waals surface area contributed by atoms with Gasteiger partial charge in [0.05, 0.1) is 38.9 Å².